The third kappa shape index (κ3) is 3.18. The lowest BCUT2D eigenvalue weighted by atomic mass is 10.1. The summed E-state index contributed by atoms with van der Waals surface area (Å²) in [6, 6.07) is 7.86. The fourth-order valence-electron chi connectivity index (χ4n) is 3.11. The van der Waals surface area contributed by atoms with E-state index in [1.165, 1.54) is 12.8 Å². The van der Waals surface area contributed by atoms with Gasteiger partial charge >= 0.3 is 0 Å². The monoisotopic (exact) mass is 353 g/mol. The summed E-state index contributed by atoms with van der Waals surface area (Å²) in [4.78, 5) is 14.8. The van der Waals surface area contributed by atoms with Crippen molar-refractivity contribution in [1.82, 2.24) is 4.90 Å². The molecule has 0 bridgehead atoms. The van der Waals surface area contributed by atoms with Crippen molar-refractivity contribution in [3.63, 3.8) is 0 Å². The average molecular weight is 354 g/mol. The van der Waals surface area contributed by atoms with Crippen LogP contribution in [0.15, 0.2) is 24.3 Å². The molecular formula is C16H20BrNO3. The summed E-state index contributed by atoms with van der Waals surface area (Å²) in [5.41, 5.74) is 0. The average Bonchev–Trinajstić information content (AvgIpc) is 3.05. The zero-order valence-electron chi connectivity index (χ0n) is 12.0. The molecule has 5 heteroatoms. The molecule has 0 spiro atoms. The van der Waals surface area contributed by atoms with Gasteiger partial charge in [-0.25, -0.2) is 0 Å². The van der Waals surface area contributed by atoms with Crippen LogP contribution in [0, 0.1) is 0 Å². The summed E-state index contributed by atoms with van der Waals surface area (Å²) in [5, 5.41) is 0.791. The Morgan fingerprint density at radius 2 is 1.95 bits per heavy atom. The minimum atomic E-state index is -0.528. The van der Waals surface area contributed by atoms with Crippen LogP contribution in [0.2, 0.25) is 0 Å². The third-order valence-electron chi connectivity index (χ3n) is 4.16. The van der Waals surface area contributed by atoms with Crippen LogP contribution in [0.25, 0.3) is 0 Å². The van der Waals surface area contributed by atoms with E-state index in [1.807, 2.05) is 29.2 Å². The third-order valence-corrected chi connectivity index (χ3v) is 4.51. The van der Waals surface area contributed by atoms with Crippen molar-refractivity contribution < 1.29 is 14.3 Å². The molecule has 0 N–H and O–H groups in total. The molecule has 0 radical (unpaired) electrons. The van der Waals surface area contributed by atoms with Crippen LogP contribution in [0.3, 0.4) is 0 Å². The van der Waals surface area contributed by atoms with Crippen LogP contribution in [0.5, 0.6) is 11.5 Å². The van der Waals surface area contributed by atoms with Crippen molar-refractivity contribution >= 4 is 21.8 Å². The van der Waals surface area contributed by atoms with Crippen LogP contribution in [0.4, 0.5) is 0 Å². The number of fused-ring (bicyclic) bond motifs is 1. The quantitative estimate of drug-likeness (QED) is 0.781. The van der Waals surface area contributed by atoms with Crippen molar-refractivity contribution in [2.45, 2.75) is 37.8 Å². The largest absolute Gasteiger partial charge is 0.485 e. The number of alkyl halides is 1. The van der Waals surface area contributed by atoms with E-state index in [2.05, 4.69) is 15.9 Å². The molecular weight excluding hydrogens is 334 g/mol. The number of hydrogen-bond acceptors (Lipinski definition) is 3. The minimum absolute atomic E-state index is 0.0517. The highest BCUT2D eigenvalue weighted by atomic mass is 79.9. The predicted molar refractivity (Wildman–Crippen MR) is 84.1 cm³/mol. The molecule has 1 aliphatic heterocycles. The molecule has 1 fully saturated rings. The number of carbonyl (C=O) groups is 1. The van der Waals surface area contributed by atoms with Gasteiger partial charge in [0.2, 0.25) is 6.10 Å². The van der Waals surface area contributed by atoms with E-state index in [9.17, 15) is 4.79 Å². The van der Waals surface area contributed by atoms with Gasteiger partial charge in [0, 0.05) is 17.9 Å². The van der Waals surface area contributed by atoms with Crippen molar-refractivity contribution in [1.29, 1.82) is 0 Å². The Hall–Kier alpha value is -1.23. The Morgan fingerprint density at radius 1 is 1.24 bits per heavy atom. The second kappa shape index (κ2) is 6.69. The fraction of sp³-hybridized carbons (Fsp3) is 0.562. The van der Waals surface area contributed by atoms with Gasteiger partial charge in [0.25, 0.3) is 5.91 Å². The minimum Gasteiger partial charge on any atom is -0.485 e. The lowest BCUT2D eigenvalue weighted by Crippen LogP contribution is -2.50. The number of para-hydroxylation sites is 2. The van der Waals surface area contributed by atoms with Gasteiger partial charge < -0.3 is 14.4 Å². The van der Waals surface area contributed by atoms with Gasteiger partial charge in [-0.05, 0) is 25.0 Å². The first kappa shape index (κ1) is 14.7. The van der Waals surface area contributed by atoms with Gasteiger partial charge in [0.15, 0.2) is 11.5 Å². The molecule has 4 nitrogen and oxygen atoms in total. The molecule has 2 aliphatic rings. The topological polar surface area (TPSA) is 38.8 Å². The standard InChI is InChI=1S/C16H20BrNO3/c17-9-10-18(12-5-1-2-6-12)16(19)15-11-20-13-7-3-4-8-14(13)21-15/h3-4,7-8,12,15H,1-2,5-6,9-11H2. The smallest absolute Gasteiger partial charge is 0.267 e. The van der Waals surface area contributed by atoms with Crippen molar-refractivity contribution in [2.75, 3.05) is 18.5 Å². The van der Waals surface area contributed by atoms with E-state index in [0.29, 0.717) is 18.4 Å². The summed E-state index contributed by atoms with van der Waals surface area (Å²) in [6.45, 7) is 1.02. The lowest BCUT2D eigenvalue weighted by molar-refractivity contribution is -0.143. The van der Waals surface area contributed by atoms with Crippen molar-refractivity contribution in [3.8, 4) is 11.5 Å². The molecule has 1 saturated carbocycles. The number of halogens is 1. The van der Waals surface area contributed by atoms with Crippen molar-refractivity contribution in [2.24, 2.45) is 0 Å². The number of ether oxygens (including phenoxy) is 2. The van der Waals surface area contributed by atoms with Crippen LogP contribution in [-0.2, 0) is 4.79 Å². The van der Waals surface area contributed by atoms with E-state index in [4.69, 9.17) is 9.47 Å². The fourth-order valence-corrected chi connectivity index (χ4v) is 3.49. The maximum atomic E-state index is 12.8. The number of amides is 1. The zero-order chi connectivity index (χ0) is 14.7. The van der Waals surface area contributed by atoms with Gasteiger partial charge in [-0.15, -0.1) is 0 Å². The SMILES string of the molecule is O=C(C1COc2ccccc2O1)N(CCBr)C1CCCC1. The van der Waals surface area contributed by atoms with E-state index < -0.39 is 6.10 Å². The summed E-state index contributed by atoms with van der Waals surface area (Å²) in [6.07, 6.45) is 4.09. The Kier molecular flexibility index (Phi) is 4.68. The normalized spacial score (nSPS) is 21.3. The Morgan fingerprint density at radius 3 is 2.67 bits per heavy atom. The highest BCUT2D eigenvalue weighted by Gasteiger charge is 2.34. The van der Waals surface area contributed by atoms with Gasteiger partial charge in [0.05, 0.1) is 0 Å². The molecule has 114 valence electrons. The van der Waals surface area contributed by atoms with E-state index in [1.54, 1.807) is 0 Å². The summed E-state index contributed by atoms with van der Waals surface area (Å²) >= 11 is 3.45. The first-order valence-corrected chi connectivity index (χ1v) is 8.66. The molecule has 1 aromatic carbocycles. The summed E-state index contributed by atoms with van der Waals surface area (Å²) in [7, 11) is 0. The number of nitrogens with zero attached hydrogens (tertiary/aromatic N) is 1. The maximum Gasteiger partial charge on any atom is 0.267 e. The van der Waals surface area contributed by atoms with Gasteiger partial charge in [-0.2, -0.15) is 0 Å². The summed E-state index contributed by atoms with van der Waals surface area (Å²) in [5.74, 6) is 1.43. The molecule has 1 amide bonds. The number of benzene rings is 1. The van der Waals surface area contributed by atoms with Gasteiger partial charge in [-0.1, -0.05) is 40.9 Å². The van der Waals surface area contributed by atoms with Crippen molar-refractivity contribution in [3.05, 3.63) is 24.3 Å². The second-order valence-corrected chi connectivity index (χ2v) is 6.32. The van der Waals surface area contributed by atoms with E-state index in [0.717, 1.165) is 30.5 Å². The Bertz CT molecular complexity index is 502. The number of hydrogen-bond donors (Lipinski definition) is 0. The van der Waals surface area contributed by atoms with Gasteiger partial charge in [0.1, 0.15) is 6.61 Å². The molecule has 0 saturated heterocycles. The molecule has 3 rings (SSSR count). The first-order valence-electron chi connectivity index (χ1n) is 7.54. The Labute approximate surface area is 133 Å². The van der Waals surface area contributed by atoms with Crippen LogP contribution in [0.1, 0.15) is 25.7 Å². The number of carbonyl (C=O) groups excluding carboxylic acids is 1. The zero-order valence-corrected chi connectivity index (χ0v) is 13.5. The highest BCUT2D eigenvalue weighted by Crippen LogP contribution is 2.32. The Balaban J connectivity index is 1.71. The van der Waals surface area contributed by atoms with Crippen LogP contribution >= 0.6 is 15.9 Å². The van der Waals surface area contributed by atoms with E-state index >= 15 is 0 Å². The molecule has 1 heterocycles. The summed E-state index contributed by atoms with van der Waals surface area (Å²) < 4.78 is 11.5. The molecule has 1 unspecified atom stereocenters. The lowest BCUT2D eigenvalue weighted by Gasteiger charge is -2.33. The molecule has 1 aliphatic carbocycles. The molecule has 1 atom stereocenters. The highest BCUT2D eigenvalue weighted by molar-refractivity contribution is 9.09. The van der Waals surface area contributed by atoms with Gasteiger partial charge in [-0.3, -0.25) is 4.79 Å². The number of rotatable bonds is 4. The second-order valence-electron chi connectivity index (χ2n) is 5.52. The first-order chi connectivity index (χ1) is 10.3. The molecule has 0 aromatic heterocycles. The maximum absolute atomic E-state index is 12.8. The van der Waals surface area contributed by atoms with Crippen LogP contribution < -0.4 is 9.47 Å². The van der Waals surface area contributed by atoms with Crippen LogP contribution in [-0.4, -0.2) is 41.4 Å². The molecule has 21 heavy (non-hydrogen) atoms. The van der Waals surface area contributed by atoms with E-state index in [-0.39, 0.29) is 5.91 Å². The molecule has 1 aromatic rings. The predicted octanol–water partition coefficient (Wildman–Crippen LogP) is 2.99.